The second-order valence-corrected chi connectivity index (χ2v) is 66.8. The molecule has 0 saturated carbocycles. The largest absolute Gasteiger partial charge is 0.0740 e. The van der Waals surface area contributed by atoms with Crippen LogP contribution in [0.5, 0.6) is 0 Å². The third-order valence-corrected chi connectivity index (χ3v) is 126. The van der Waals surface area contributed by atoms with E-state index in [2.05, 4.69) is 52.4 Å². The molecular formula is C8H26Si5. The lowest BCUT2D eigenvalue weighted by molar-refractivity contribution is 1.83. The molecule has 1 aliphatic heterocycles. The lowest BCUT2D eigenvalue weighted by atomic mass is 11.9. The summed E-state index contributed by atoms with van der Waals surface area (Å²) in [5, 5.41) is 0. The zero-order chi connectivity index (χ0) is 10.7. The Labute approximate surface area is 89.3 Å². The van der Waals surface area contributed by atoms with Gasteiger partial charge in [-0.1, -0.05) is 52.4 Å². The summed E-state index contributed by atoms with van der Waals surface area (Å²) in [4.78, 5) is 0. The van der Waals surface area contributed by atoms with Gasteiger partial charge in [0.15, 0.2) is 0 Å². The van der Waals surface area contributed by atoms with E-state index in [1.807, 2.05) is 0 Å². The minimum absolute atomic E-state index is 0.392. The van der Waals surface area contributed by atoms with Gasteiger partial charge in [-0.3, -0.25) is 0 Å². The van der Waals surface area contributed by atoms with Gasteiger partial charge < -0.3 is 0 Å². The minimum atomic E-state index is -0.730. The first-order valence-corrected chi connectivity index (χ1v) is 25.1. The Bertz CT molecular complexity index is 205. The zero-order valence-corrected chi connectivity index (χ0v) is 16.1. The van der Waals surface area contributed by atoms with Crippen molar-refractivity contribution in [1.29, 1.82) is 0 Å². The molecule has 0 unspecified atom stereocenters. The van der Waals surface area contributed by atoms with Crippen LogP contribution >= 0.6 is 0 Å². The van der Waals surface area contributed by atoms with Crippen LogP contribution < -0.4 is 0 Å². The summed E-state index contributed by atoms with van der Waals surface area (Å²) in [6.07, 6.45) is 0. The van der Waals surface area contributed by atoms with Gasteiger partial charge >= 0.3 is 0 Å². The first-order chi connectivity index (χ1) is 5.46. The van der Waals surface area contributed by atoms with Gasteiger partial charge in [0.25, 0.3) is 0 Å². The van der Waals surface area contributed by atoms with Crippen molar-refractivity contribution in [2.75, 3.05) is 0 Å². The quantitative estimate of drug-likeness (QED) is 0.588. The summed E-state index contributed by atoms with van der Waals surface area (Å²) in [5.41, 5.74) is 0. The monoisotopic (exact) mass is 262 g/mol. The minimum Gasteiger partial charge on any atom is -0.0740 e. The predicted octanol–water partition coefficient (Wildman–Crippen LogP) is 2.23. The summed E-state index contributed by atoms with van der Waals surface area (Å²) in [6.45, 7) is 22.1. The molecule has 1 aliphatic rings. The van der Waals surface area contributed by atoms with E-state index >= 15 is 0 Å². The molecule has 0 radical (unpaired) electrons. The molecule has 0 spiro atoms. The third-order valence-electron chi connectivity index (χ3n) is 5.83. The molecule has 0 amide bonds. The summed E-state index contributed by atoms with van der Waals surface area (Å²) >= 11 is 0. The van der Waals surface area contributed by atoms with Crippen molar-refractivity contribution in [3.63, 3.8) is 0 Å². The molecule has 0 aromatic carbocycles. The predicted molar refractivity (Wildman–Crippen MR) is 78.5 cm³/mol. The van der Waals surface area contributed by atoms with E-state index in [0.29, 0.717) is 8.55 Å². The lowest BCUT2D eigenvalue weighted by Crippen LogP contribution is -2.69. The number of hydrogen-bond acceptors (Lipinski definition) is 0. The number of hydrogen-bond donors (Lipinski definition) is 0. The van der Waals surface area contributed by atoms with Gasteiger partial charge in [-0.25, -0.2) is 0 Å². The van der Waals surface area contributed by atoms with Crippen LogP contribution in [0, 0.1) is 0 Å². The summed E-state index contributed by atoms with van der Waals surface area (Å²) in [7, 11) is -2.34. The van der Waals surface area contributed by atoms with E-state index in [1.54, 1.807) is 0 Å². The molecule has 5 heteroatoms. The van der Waals surface area contributed by atoms with Gasteiger partial charge in [0.1, 0.15) is 0 Å². The van der Waals surface area contributed by atoms with Crippen molar-refractivity contribution >= 4 is 37.0 Å². The summed E-state index contributed by atoms with van der Waals surface area (Å²) in [6, 6.07) is 0. The molecular weight excluding hydrogens is 237 g/mol. The maximum absolute atomic E-state index is 2.76. The van der Waals surface area contributed by atoms with Gasteiger partial charge in [-0.05, 0) is 0 Å². The SMILES string of the molecule is C[Si]1(C)[SiH2][Si](C)(C)[Si](C)(C)[Si]1(C)C. The highest BCUT2D eigenvalue weighted by atomic mass is 30.2. The zero-order valence-electron chi connectivity index (χ0n) is 10.7. The molecule has 0 nitrogen and oxygen atoms in total. The molecule has 0 aromatic rings. The number of rotatable bonds is 0. The fraction of sp³-hybridized carbons (Fsp3) is 1.00. The standard InChI is InChI=1S/C8H26Si5/c1-10(2)9-11(3,4)13(7,8)12(10,5)6/h9H2,1-8H3. The van der Waals surface area contributed by atoms with Crippen molar-refractivity contribution in [1.82, 2.24) is 0 Å². The normalized spacial score (nSPS) is 33.2. The maximum atomic E-state index is 2.76. The smallest absolute Gasteiger partial charge is 0.0300 e. The second kappa shape index (κ2) is 2.81. The van der Waals surface area contributed by atoms with Crippen molar-refractivity contribution in [2.24, 2.45) is 0 Å². The first kappa shape index (κ1) is 12.2. The Balaban J connectivity index is 3.24. The average molecular weight is 263 g/mol. The van der Waals surface area contributed by atoms with Crippen molar-refractivity contribution in [3.05, 3.63) is 0 Å². The van der Waals surface area contributed by atoms with Crippen molar-refractivity contribution < 1.29 is 0 Å². The molecule has 78 valence electrons. The van der Waals surface area contributed by atoms with E-state index in [1.165, 1.54) is 0 Å². The van der Waals surface area contributed by atoms with Crippen LogP contribution in [0.2, 0.25) is 52.4 Å². The van der Waals surface area contributed by atoms with E-state index in [-0.39, 0.29) is 0 Å². The van der Waals surface area contributed by atoms with Gasteiger partial charge in [0, 0.05) is 37.0 Å². The highest BCUT2D eigenvalue weighted by molar-refractivity contribution is 8.07. The van der Waals surface area contributed by atoms with E-state index in [0.717, 1.165) is 0 Å². The Hall–Kier alpha value is 1.08. The molecule has 0 atom stereocenters. The van der Waals surface area contributed by atoms with Crippen LogP contribution in [0.1, 0.15) is 0 Å². The molecule has 0 aromatic heterocycles. The van der Waals surface area contributed by atoms with Gasteiger partial charge in [-0.15, -0.1) is 0 Å². The fourth-order valence-electron chi connectivity index (χ4n) is 3.24. The third kappa shape index (κ3) is 1.38. The molecule has 1 saturated heterocycles. The van der Waals surface area contributed by atoms with Crippen LogP contribution in [-0.4, -0.2) is 37.0 Å². The second-order valence-electron chi connectivity index (χ2n) is 7.19. The van der Waals surface area contributed by atoms with E-state index in [9.17, 15) is 0 Å². The Morgan fingerprint density at radius 1 is 0.538 bits per heavy atom. The molecule has 1 fully saturated rings. The average Bonchev–Trinajstić information content (AvgIpc) is 1.88. The van der Waals surface area contributed by atoms with Gasteiger partial charge in [-0.2, -0.15) is 0 Å². The topological polar surface area (TPSA) is 0 Å². The van der Waals surface area contributed by atoms with Crippen LogP contribution in [-0.2, 0) is 0 Å². The summed E-state index contributed by atoms with van der Waals surface area (Å²) < 4.78 is 0. The Morgan fingerprint density at radius 3 is 0.846 bits per heavy atom. The van der Waals surface area contributed by atoms with Gasteiger partial charge in [0.2, 0.25) is 0 Å². The van der Waals surface area contributed by atoms with E-state index < -0.39 is 28.4 Å². The Morgan fingerprint density at radius 2 is 0.769 bits per heavy atom. The molecule has 1 rings (SSSR count). The van der Waals surface area contributed by atoms with Crippen LogP contribution in [0.3, 0.4) is 0 Å². The molecule has 0 N–H and O–H groups in total. The maximum Gasteiger partial charge on any atom is 0.0300 e. The van der Waals surface area contributed by atoms with Gasteiger partial charge in [0.05, 0.1) is 0 Å². The molecule has 0 aliphatic carbocycles. The highest BCUT2D eigenvalue weighted by Gasteiger charge is 2.65. The fourth-order valence-corrected chi connectivity index (χ4v) is 206. The molecule has 0 bridgehead atoms. The lowest BCUT2D eigenvalue weighted by Gasteiger charge is -2.43. The molecule has 13 heavy (non-hydrogen) atoms. The van der Waals surface area contributed by atoms with E-state index in [4.69, 9.17) is 0 Å². The molecule has 1 heterocycles. The van der Waals surface area contributed by atoms with Crippen LogP contribution in [0.15, 0.2) is 0 Å². The first-order valence-electron chi connectivity index (χ1n) is 5.46. The van der Waals surface area contributed by atoms with Crippen molar-refractivity contribution in [3.8, 4) is 0 Å². The Kier molecular flexibility index (Phi) is 2.63. The van der Waals surface area contributed by atoms with Crippen molar-refractivity contribution in [2.45, 2.75) is 52.4 Å². The highest BCUT2D eigenvalue weighted by Crippen LogP contribution is 2.41. The van der Waals surface area contributed by atoms with Crippen LogP contribution in [0.25, 0.3) is 0 Å². The van der Waals surface area contributed by atoms with Crippen LogP contribution in [0.4, 0.5) is 0 Å². The summed E-state index contributed by atoms with van der Waals surface area (Å²) in [5.74, 6) is 0.